The number of sulfone groups is 1. The summed E-state index contributed by atoms with van der Waals surface area (Å²) in [5.41, 5.74) is 0.924. The average Bonchev–Trinajstić information content (AvgIpc) is 2.83. The van der Waals surface area contributed by atoms with Crippen LogP contribution in [0.5, 0.6) is 5.75 Å². The highest BCUT2D eigenvalue weighted by Crippen LogP contribution is 2.28. The number of methoxy groups -OCH3 is 1. The van der Waals surface area contributed by atoms with Crippen LogP contribution in [0.15, 0.2) is 18.2 Å². The Balaban J connectivity index is 1.88. The molecule has 1 N–H and O–H groups in total. The first-order chi connectivity index (χ1) is 10.8. The van der Waals surface area contributed by atoms with Crippen molar-refractivity contribution in [2.75, 3.05) is 18.6 Å². The molecule has 0 unspecified atom stereocenters. The molecule has 0 bridgehead atoms. The van der Waals surface area contributed by atoms with Crippen LogP contribution in [-0.2, 0) is 20.4 Å². The van der Waals surface area contributed by atoms with E-state index in [9.17, 15) is 13.2 Å². The average molecular weight is 378 g/mol. The third kappa shape index (κ3) is 5.29. The van der Waals surface area contributed by atoms with Crippen LogP contribution in [0.1, 0.15) is 18.9 Å². The standard InChI is InChI=1S/C15H20ClNO4S2/c1-10(15(18)17-13-5-6-23(19,20)9-13)22-8-11-7-12(16)3-4-14(11)21-2/h3-4,7,10,13H,5-6,8-9H2,1-2H3,(H,17,18)/t10-,13-/m1/s1. The zero-order chi connectivity index (χ0) is 17.0. The number of carbonyl (C=O) groups excluding carboxylic acids is 1. The number of thioether (sulfide) groups is 1. The number of carbonyl (C=O) groups is 1. The highest BCUT2D eigenvalue weighted by Gasteiger charge is 2.30. The van der Waals surface area contributed by atoms with Gasteiger partial charge in [0.15, 0.2) is 9.84 Å². The van der Waals surface area contributed by atoms with Crippen molar-refractivity contribution >= 4 is 39.1 Å². The Morgan fingerprint density at radius 3 is 2.87 bits per heavy atom. The summed E-state index contributed by atoms with van der Waals surface area (Å²) in [5.74, 6) is 1.37. The Kier molecular flexibility index (Phi) is 6.22. The minimum atomic E-state index is -2.99. The van der Waals surface area contributed by atoms with E-state index in [1.807, 2.05) is 6.07 Å². The first-order valence-corrected chi connectivity index (χ1v) is 10.5. The predicted molar refractivity (Wildman–Crippen MR) is 94.0 cm³/mol. The van der Waals surface area contributed by atoms with Crippen LogP contribution in [0, 0.1) is 0 Å². The van der Waals surface area contributed by atoms with Gasteiger partial charge >= 0.3 is 0 Å². The lowest BCUT2D eigenvalue weighted by Gasteiger charge is -2.16. The molecule has 0 aromatic heterocycles. The van der Waals surface area contributed by atoms with E-state index in [0.717, 1.165) is 11.3 Å². The van der Waals surface area contributed by atoms with E-state index in [4.69, 9.17) is 16.3 Å². The maximum atomic E-state index is 12.2. The molecule has 128 valence electrons. The van der Waals surface area contributed by atoms with E-state index in [0.29, 0.717) is 17.2 Å². The lowest BCUT2D eigenvalue weighted by molar-refractivity contribution is -0.120. The molecule has 1 saturated heterocycles. The number of benzene rings is 1. The van der Waals surface area contributed by atoms with E-state index in [-0.39, 0.29) is 28.7 Å². The van der Waals surface area contributed by atoms with Gasteiger partial charge in [0, 0.05) is 22.4 Å². The number of halogens is 1. The Morgan fingerprint density at radius 1 is 1.52 bits per heavy atom. The molecule has 5 nitrogen and oxygen atoms in total. The normalized spacial score (nSPS) is 20.9. The SMILES string of the molecule is COc1ccc(Cl)cc1CS[C@H](C)C(=O)N[C@@H]1CCS(=O)(=O)C1. The number of amides is 1. The van der Waals surface area contributed by atoms with Crippen molar-refractivity contribution in [2.24, 2.45) is 0 Å². The molecule has 1 fully saturated rings. The van der Waals surface area contributed by atoms with Gasteiger partial charge in [-0.15, -0.1) is 11.8 Å². The Hall–Kier alpha value is -0.920. The lowest BCUT2D eigenvalue weighted by atomic mass is 10.2. The Labute approximate surface area is 146 Å². The van der Waals surface area contributed by atoms with E-state index in [1.54, 1.807) is 26.2 Å². The smallest absolute Gasteiger partial charge is 0.233 e. The molecule has 23 heavy (non-hydrogen) atoms. The molecule has 1 aromatic carbocycles. The summed E-state index contributed by atoms with van der Waals surface area (Å²) in [6.45, 7) is 1.81. The molecule has 0 radical (unpaired) electrons. The zero-order valence-corrected chi connectivity index (χ0v) is 15.4. The second-order valence-corrected chi connectivity index (χ2v) is 9.51. The monoisotopic (exact) mass is 377 g/mol. The number of ether oxygens (including phenoxy) is 1. The van der Waals surface area contributed by atoms with Crippen molar-refractivity contribution in [3.8, 4) is 5.75 Å². The second-order valence-electron chi connectivity index (χ2n) is 5.52. The molecule has 1 aromatic rings. The van der Waals surface area contributed by atoms with Crippen molar-refractivity contribution in [2.45, 2.75) is 30.4 Å². The van der Waals surface area contributed by atoms with E-state index in [1.165, 1.54) is 11.8 Å². The number of rotatable bonds is 6. The summed E-state index contributed by atoms with van der Waals surface area (Å²) in [6.07, 6.45) is 0.494. The van der Waals surface area contributed by atoms with Crippen LogP contribution in [0.3, 0.4) is 0 Å². The summed E-state index contributed by atoms with van der Waals surface area (Å²) in [6, 6.07) is 5.11. The van der Waals surface area contributed by atoms with Crippen molar-refractivity contribution < 1.29 is 17.9 Å². The van der Waals surface area contributed by atoms with Gasteiger partial charge in [0.25, 0.3) is 0 Å². The molecular weight excluding hydrogens is 358 g/mol. The minimum Gasteiger partial charge on any atom is -0.496 e. The van der Waals surface area contributed by atoms with Gasteiger partial charge in [-0.1, -0.05) is 11.6 Å². The summed E-state index contributed by atoms with van der Waals surface area (Å²) < 4.78 is 28.1. The zero-order valence-electron chi connectivity index (χ0n) is 13.0. The quantitative estimate of drug-likeness (QED) is 0.823. The Bertz CT molecular complexity index is 678. The van der Waals surface area contributed by atoms with Crippen LogP contribution in [0.25, 0.3) is 0 Å². The number of hydrogen-bond donors (Lipinski definition) is 1. The molecular formula is C15H20ClNO4S2. The first kappa shape index (κ1) is 18.4. The highest BCUT2D eigenvalue weighted by atomic mass is 35.5. The van der Waals surface area contributed by atoms with Gasteiger partial charge in [-0.2, -0.15) is 0 Å². The fourth-order valence-electron chi connectivity index (χ4n) is 2.38. The molecule has 1 amide bonds. The maximum Gasteiger partial charge on any atom is 0.233 e. The predicted octanol–water partition coefficient (Wildman–Crippen LogP) is 2.27. The van der Waals surface area contributed by atoms with Crippen LogP contribution < -0.4 is 10.1 Å². The third-order valence-corrected chi connectivity index (χ3v) is 6.87. The molecule has 2 rings (SSSR count). The van der Waals surface area contributed by atoms with Gasteiger partial charge in [-0.25, -0.2) is 8.42 Å². The van der Waals surface area contributed by atoms with Crippen molar-refractivity contribution in [3.63, 3.8) is 0 Å². The lowest BCUT2D eigenvalue weighted by Crippen LogP contribution is -2.40. The largest absolute Gasteiger partial charge is 0.496 e. The van der Waals surface area contributed by atoms with E-state index >= 15 is 0 Å². The van der Waals surface area contributed by atoms with Gasteiger partial charge in [0.2, 0.25) is 5.91 Å². The summed E-state index contributed by atoms with van der Waals surface area (Å²) >= 11 is 7.45. The maximum absolute atomic E-state index is 12.2. The van der Waals surface area contributed by atoms with Crippen LogP contribution in [0.4, 0.5) is 0 Å². The van der Waals surface area contributed by atoms with Gasteiger partial charge in [0.1, 0.15) is 5.75 Å². The summed E-state index contributed by atoms with van der Waals surface area (Å²) in [5, 5.41) is 3.14. The van der Waals surface area contributed by atoms with Gasteiger partial charge < -0.3 is 10.1 Å². The van der Waals surface area contributed by atoms with E-state index in [2.05, 4.69) is 5.32 Å². The molecule has 0 aliphatic carbocycles. The number of nitrogens with one attached hydrogen (secondary N) is 1. The fourth-order valence-corrected chi connectivity index (χ4v) is 5.12. The highest BCUT2D eigenvalue weighted by molar-refractivity contribution is 7.99. The van der Waals surface area contributed by atoms with Crippen molar-refractivity contribution in [1.29, 1.82) is 0 Å². The van der Waals surface area contributed by atoms with Crippen molar-refractivity contribution in [3.05, 3.63) is 28.8 Å². The molecule has 8 heteroatoms. The Morgan fingerprint density at radius 2 is 2.26 bits per heavy atom. The fraction of sp³-hybridized carbons (Fsp3) is 0.533. The summed E-state index contributed by atoms with van der Waals surface area (Å²) in [4.78, 5) is 12.2. The molecule has 1 aliphatic heterocycles. The third-order valence-electron chi connectivity index (χ3n) is 3.68. The van der Waals surface area contributed by atoms with Crippen LogP contribution >= 0.6 is 23.4 Å². The number of hydrogen-bond acceptors (Lipinski definition) is 5. The van der Waals surface area contributed by atoms with Crippen LogP contribution in [0.2, 0.25) is 5.02 Å². The topological polar surface area (TPSA) is 72.5 Å². The molecule has 0 saturated carbocycles. The minimum absolute atomic E-state index is 0.0399. The summed E-state index contributed by atoms with van der Waals surface area (Å²) in [7, 11) is -1.40. The first-order valence-electron chi connectivity index (χ1n) is 7.25. The molecule has 0 spiro atoms. The molecule has 2 atom stereocenters. The van der Waals surface area contributed by atoms with Crippen LogP contribution in [-0.4, -0.2) is 44.2 Å². The molecule has 1 aliphatic rings. The van der Waals surface area contributed by atoms with Gasteiger partial charge in [-0.05, 0) is 31.5 Å². The van der Waals surface area contributed by atoms with Crippen molar-refractivity contribution in [1.82, 2.24) is 5.32 Å². The van der Waals surface area contributed by atoms with Gasteiger partial charge in [0.05, 0.1) is 23.9 Å². The van der Waals surface area contributed by atoms with E-state index < -0.39 is 9.84 Å². The van der Waals surface area contributed by atoms with Gasteiger partial charge in [-0.3, -0.25) is 4.79 Å². The second kappa shape index (κ2) is 7.77. The molecule has 1 heterocycles.